The van der Waals surface area contributed by atoms with Crippen LogP contribution in [0, 0.1) is 0 Å². The minimum absolute atomic E-state index is 0.0456. The number of carbonyl (C=O) groups is 9. The van der Waals surface area contributed by atoms with Gasteiger partial charge in [0.25, 0.3) is 0 Å². The fourth-order valence-electron chi connectivity index (χ4n) is 10.6. The molecule has 0 spiro atoms. The molecule has 3 atom stereocenters. The highest BCUT2D eigenvalue weighted by Crippen LogP contribution is 2.20. The number of piperazine rings is 1. The summed E-state index contributed by atoms with van der Waals surface area (Å²) in [4.78, 5) is 148. The van der Waals surface area contributed by atoms with Gasteiger partial charge in [0.15, 0.2) is 0 Å². The van der Waals surface area contributed by atoms with Crippen molar-refractivity contribution in [2.45, 2.75) is 127 Å². The monoisotopic (exact) mass is 1330 g/mol. The maximum absolute atomic E-state index is 12.4. The topological polar surface area (TPSA) is 454 Å². The summed E-state index contributed by atoms with van der Waals surface area (Å²) in [5, 5.41) is 76.1. The zero-order valence-corrected chi connectivity index (χ0v) is 53.9. The number of unbranched alkanes of at least 4 members (excludes halogenated alkanes) is 8. The molecule has 3 amide bonds. The van der Waals surface area contributed by atoms with Gasteiger partial charge < -0.3 is 76.3 Å². The highest BCUT2D eigenvalue weighted by molar-refractivity contribution is 5.86. The molecule has 0 saturated carbocycles. The van der Waals surface area contributed by atoms with Crippen molar-refractivity contribution in [1.82, 2.24) is 55.4 Å². The van der Waals surface area contributed by atoms with Gasteiger partial charge in [0, 0.05) is 110 Å². The Balaban J connectivity index is 0.00000753. The lowest BCUT2D eigenvalue weighted by Crippen LogP contribution is -2.52. The van der Waals surface area contributed by atoms with Crippen LogP contribution in [0.25, 0.3) is 0 Å². The molecule has 33 nitrogen and oxygen atoms in total. The average molecular weight is 1330 g/mol. The first-order valence-corrected chi connectivity index (χ1v) is 32.0. The number of anilines is 2. The zero-order valence-electron chi connectivity index (χ0n) is 53.9. The molecule has 2 aromatic rings. The van der Waals surface area contributed by atoms with Crippen LogP contribution in [0.1, 0.15) is 113 Å². The molecule has 2 fully saturated rings. The Morgan fingerprint density at radius 1 is 0.543 bits per heavy atom. The third-order valence-corrected chi connectivity index (χ3v) is 15.6. The quantitative estimate of drug-likeness (QED) is 0.0409. The SMILES string of the molecule is CN1CCN(CC(=O)O)CCN(CC(=O)O)CCN(CC(=O)O)C(Cc2ccc(Cc3nc(NCCOCCOCCC(=O)O)nc(N4CCN(CCCCCCCCCCC(=O)NCCCC[C@H](NC(=O)N[C@@H](CCC(=O)O)C(=O)O)C(=O)O)CC4)n3)cc2)C1.O=C=O. The van der Waals surface area contributed by atoms with Crippen molar-refractivity contribution >= 4 is 71.8 Å². The standard InChI is InChI=1S/C60H97N13O18.CO2/c1-68-24-25-70(41-53(79)80)26-27-71(42-54(81)82)30-33-73(43-55(83)84)46(40-68)38-44-14-16-45(17-15-44)39-49-65-58(62-22-35-91-37-36-90-34-20-52(77)78)67-59(66-49)72-31-28-69(29-32-72)23-11-7-5-3-2-4-6-8-13-50(74)61-21-10-9-12-47(56(85)86)63-60(89)64-48(57(87)88)18-19-51(75)76;2-1-3/h14-17,46-48H,2-13,18-43H2,1H3,(H,61,74)(H,75,76)(H,77,78)(H,79,80)(H,81,82)(H,83,84)(H,85,86)(H,87,88)(H2,63,64,89)(H,62,65,66,67);/t46?,47-,48-;/m0./s1. The van der Waals surface area contributed by atoms with Gasteiger partial charge in [0.05, 0.1) is 52.5 Å². The van der Waals surface area contributed by atoms with Gasteiger partial charge in [-0.2, -0.15) is 24.5 Å². The first kappa shape index (κ1) is 80.2. The van der Waals surface area contributed by atoms with Crippen LogP contribution in [0.5, 0.6) is 0 Å². The van der Waals surface area contributed by atoms with Crippen LogP contribution in [0.2, 0.25) is 0 Å². The lowest BCUT2D eigenvalue weighted by Gasteiger charge is -2.37. The van der Waals surface area contributed by atoms with Gasteiger partial charge >= 0.3 is 54.0 Å². The first-order chi connectivity index (χ1) is 45.0. The molecule has 33 heteroatoms. The van der Waals surface area contributed by atoms with Gasteiger partial charge in [-0.1, -0.05) is 62.8 Å². The number of benzene rings is 1. The third kappa shape index (κ3) is 37.0. The predicted molar refractivity (Wildman–Crippen MR) is 337 cm³/mol. The molecule has 2 aliphatic rings. The third-order valence-electron chi connectivity index (χ3n) is 15.6. The van der Waals surface area contributed by atoms with Crippen molar-refractivity contribution in [3.8, 4) is 0 Å². The minimum atomic E-state index is -1.49. The predicted octanol–water partition coefficient (Wildman–Crippen LogP) is 0.805. The van der Waals surface area contributed by atoms with Gasteiger partial charge in [-0.05, 0) is 69.7 Å². The fraction of sp³-hybridized carbons (Fsp3) is 0.689. The molecule has 11 N–H and O–H groups in total. The highest BCUT2D eigenvalue weighted by Gasteiger charge is 2.28. The van der Waals surface area contributed by atoms with Crippen LogP contribution in [0.15, 0.2) is 24.3 Å². The summed E-state index contributed by atoms with van der Waals surface area (Å²) in [6.45, 7) is 7.84. The van der Waals surface area contributed by atoms with Crippen molar-refractivity contribution < 1.29 is 98.0 Å². The number of urea groups is 1. The van der Waals surface area contributed by atoms with Crippen LogP contribution in [-0.2, 0) is 70.3 Å². The van der Waals surface area contributed by atoms with Gasteiger partial charge in [-0.3, -0.25) is 48.4 Å². The van der Waals surface area contributed by atoms with Gasteiger partial charge in [-0.15, -0.1) is 0 Å². The molecule has 4 rings (SSSR count). The number of amides is 3. The van der Waals surface area contributed by atoms with Crippen LogP contribution in [0.3, 0.4) is 0 Å². The minimum Gasteiger partial charge on any atom is -0.481 e. The van der Waals surface area contributed by atoms with E-state index in [1.54, 1.807) is 9.80 Å². The Labute approximate surface area is 546 Å². The summed E-state index contributed by atoms with van der Waals surface area (Å²) >= 11 is 0. The van der Waals surface area contributed by atoms with Crippen LogP contribution in [0.4, 0.5) is 16.7 Å². The molecular weight excluding hydrogens is 1230 g/mol. The number of hydrogen-bond donors (Lipinski definition) is 11. The summed E-state index contributed by atoms with van der Waals surface area (Å²) in [5.74, 6) is -6.48. The molecule has 1 aromatic carbocycles. The van der Waals surface area contributed by atoms with Crippen molar-refractivity contribution in [2.24, 2.45) is 0 Å². The molecule has 2 saturated heterocycles. The van der Waals surface area contributed by atoms with E-state index in [0.717, 1.165) is 95.2 Å². The fourth-order valence-corrected chi connectivity index (χ4v) is 10.6. The number of rotatable bonds is 44. The van der Waals surface area contributed by atoms with E-state index in [1.165, 1.54) is 0 Å². The molecule has 0 radical (unpaired) electrons. The number of aromatic nitrogens is 3. The molecule has 0 bridgehead atoms. The van der Waals surface area contributed by atoms with Gasteiger partial charge in [0.1, 0.15) is 17.9 Å². The zero-order chi connectivity index (χ0) is 69.0. The van der Waals surface area contributed by atoms with Crippen LogP contribution < -0.4 is 26.2 Å². The first-order valence-electron chi connectivity index (χ1n) is 32.0. The van der Waals surface area contributed by atoms with Gasteiger partial charge in [0.2, 0.25) is 17.8 Å². The maximum atomic E-state index is 12.4. The van der Waals surface area contributed by atoms with E-state index >= 15 is 0 Å². The Bertz CT molecular complexity index is 2670. The Hall–Kier alpha value is -8.04. The van der Waals surface area contributed by atoms with Gasteiger partial charge in [-0.25, -0.2) is 14.4 Å². The summed E-state index contributed by atoms with van der Waals surface area (Å²) in [6.07, 6.45) is 9.69. The lowest BCUT2D eigenvalue weighted by atomic mass is 10.0. The van der Waals surface area contributed by atoms with Crippen molar-refractivity contribution in [2.75, 3.05) is 155 Å². The molecule has 0 aliphatic carbocycles. The van der Waals surface area contributed by atoms with E-state index in [-0.39, 0.29) is 76.8 Å². The van der Waals surface area contributed by atoms with E-state index in [4.69, 9.17) is 44.2 Å². The number of hydrogen-bond acceptors (Lipinski definition) is 23. The average Bonchev–Trinajstić information content (AvgIpc) is 0.851. The van der Waals surface area contributed by atoms with E-state index in [0.29, 0.717) is 115 Å². The number of nitrogens with one attached hydrogen (secondary N) is 4. The maximum Gasteiger partial charge on any atom is 0.373 e. The Morgan fingerprint density at radius 3 is 1.66 bits per heavy atom. The molecule has 2 aliphatic heterocycles. The highest BCUT2D eigenvalue weighted by atomic mass is 16.5. The molecule has 1 unspecified atom stereocenters. The number of carboxylic acid groups (broad SMARTS) is 7. The molecule has 3 heterocycles. The number of likely N-dealkylation sites (N-methyl/N-ethyl adjacent to an activating group) is 1. The molecule has 526 valence electrons. The Kier molecular flexibility index (Phi) is 40.0. The molecule has 94 heavy (non-hydrogen) atoms. The largest absolute Gasteiger partial charge is 0.481 e. The summed E-state index contributed by atoms with van der Waals surface area (Å²) in [6, 6.07) is 3.96. The van der Waals surface area contributed by atoms with E-state index < -0.39 is 66.3 Å². The number of ether oxygens (including phenoxy) is 2. The Morgan fingerprint density at radius 2 is 1.07 bits per heavy atom. The normalized spacial score (nSPS) is 16.1. The van der Waals surface area contributed by atoms with E-state index in [9.17, 15) is 68.7 Å². The number of nitrogens with zero attached hydrogens (tertiary/aromatic N) is 9. The summed E-state index contributed by atoms with van der Waals surface area (Å²) < 4.78 is 11.0. The number of aliphatic carboxylic acids is 7. The van der Waals surface area contributed by atoms with Crippen LogP contribution in [-0.4, -0.2) is 298 Å². The smallest absolute Gasteiger partial charge is 0.373 e. The lowest BCUT2D eigenvalue weighted by molar-refractivity contribution is -0.192. The second-order valence-corrected chi connectivity index (χ2v) is 23.2. The second-order valence-electron chi connectivity index (χ2n) is 23.2. The van der Waals surface area contributed by atoms with Crippen molar-refractivity contribution in [1.29, 1.82) is 0 Å². The van der Waals surface area contributed by atoms with E-state index in [2.05, 4.69) is 36.0 Å². The summed E-state index contributed by atoms with van der Waals surface area (Å²) in [7, 11) is 1.93. The van der Waals surface area contributed by atoms with E-state index in [1.807, 2.05) is 36.2 Å². The number of carbonyl (C=O) groups excluding carboxylic acids is 4. The molecular formula is C61H97N13O20. The second kappa shape index (κ2) is 46.9. The van der Waals surface area contributed by atoms with Crippen LogP contribution >= 0.6 is 0 Å². The van der Waals surface area contributed by atoms with Crippen molar-refractivity contribution in [3.05, 3.63) is 41.2 Å². The summed E-state index contributed by atoms with van der Waals surface area (Å²) in [5.41, 5.74) is 1.92. The van der Waals surface area contributed by atoms with Crippen molar-refractivity contribution in [3.63, 3.8) is 0 Å². The molecule has 1 aromatic heterocycles. The number of carboxylic acids is 7.